The van der Waals surface area contributed by atoms with Crippen LogP contribution in [0.2, 0.25) is 0 Å². The van der Waals surface area contributed by atoms with Gasteiger partial charge in [0.15, 0.2) is 0 Å². The number of ether oxygens (including phenoxy) is 3. The highest BCUT2D eigenvalue weighted by Gasteiger charge is 2.34. The summed E-state index contributed by atoms with van der Waals surface area (Å²) in [5, 5.41) is 0. The van der Waals surface area contributed by atoms with Crippen LogP contribution in [0.4, 0.5) is 0 Å². The molecule has 0 aliphatic carbocycles. The number of hydrogen-bond donors (Lipinski definition) is 0. The van der Waals surface area contributed by atoms with Gasteiger partial charge >= 0.3 is 0 Å². The van der Waals surface area contributed by atoms with E-state index in [1.54, 1.807) is 14.2 Å². The molecule has 2 atom stereocenters. The first-order chi connectivity index (χ1) is 10.0. The molecule has 1 heterocycles. The largest absolute Gasteiger partial charge is 0.497 e. The van der Waals surface area contributed by atoms with Crippen molar-refractivity contribution >= 4 is 0 Å². The molecule has 1 fully saturated rings. The second kappa shape index (κ2) is 6.69. The van der Waals surface area contributed by atoms with Crippen LogP contribution in [0.1, 0.15) is 44.6 Å². The molecular weight excluding hydrogens is 264 g/mol. The van der Waals surface area contributed by atoms with Crippen LogP contribution in [-0.2, 0) is 4.74 Å². The second-order valence-electron chi connectivity index (χ2n) is 6.36. The maximum Gasteiger partial charge on any atom is 0.126 e. The van der Waals surface area contributed by atoms with Gasteiger partial charge in [-0.1, -0.05) is 13.0 Å². The highest BCUT2D eigenvalue weighted by atomic mass is 16.5. The van der Waals surface area contributed by atoms with Gasteiger partial charge < -0.3 is 14.2 Å². The Balaban J connectivity index is 2.28. The van der Waals surface area contributed by atoms with Crippen LogP contribution in [0.3, 0.4) is 0 Å². The normalized spacial score (nSPS) is 22.6. The molecule has 1 aliphatic rings. The summed E-state index contributed by atoms with van der Waals surface area (Å²) in [6.07, 6.45) is 3.00. The lowest BCUT2D eigenvalue weighted by Gasteiger charge is -2.39. The summed E-state index contributed by atoms with van der Waals surface area (Å²) in [4.78, 5) is 0. The Bertz CT molecular complexity index is 468. The third-order valence-electron chi connectivity index (χ3n) is 4.46. The van der Waals surface area contributed by atoms with Crippen LogP contribution in [0.5, 0.6) is 11.5 Å². The summed E-state index contributed by atoms with van der Waals surface area (Å²) in [7, 11) is 3.39. The fraction of sp³-hybridized carbons (Fsp3) is 0.611. The summed E-state index contributed by atoms with van der Waals surface area (Å²) in [6.45, 7) is 9.34. The number of benzene rings is 1. The molecule has 0 N–H and O–H groups in total. The van der Waals surface area contributed by atoms with Gasteiger partial charge in [0.1, 0.15) is 11.5 Å². The van der Waals surface area contributed by atoms with Gasteiger partial charge in [-0.05, 0) is 56.6 Å². The zero-order chi connectivity index (χ0) is 15.5. The van der Waals surface area contributed by atoms with Crippen molar-refractivity contribution in [1.82, 2.24) is 0 Å². The Kier molecular flexibility index (Phi) is 5.15. The van der Waals surface area contributed by atoms with Gasteiger partial charge in [0.2, 0.25) is 0 Å². The van der Waals surface area contributed by atoms with Crippen molar-refractivity contribution in [3.63, 3.8) is 0 Å². The average molecular weight is 291 g/mol. The van der Waals surface area contributed by atoms with E-state index in [4.69, 9.17) is 14.2 Å². The Labute approximate surface area is 128 Å². The van der Waals surface area contributed by atoms with Crippen molar-refractivity contribution in [3.8, 4) is 11.5 Å². The van der Waals surface area contributed by atoms with Crippen LogP contribution in [0.25, 0.3) is 0 Å². The third kappa shape index (κ3) is 3.70. The minimum atomic E-state index is -0.0456. The van der Waals surface area contributed by atoms with E-state index in [1.807, 2.05) is 12.1 Å². The Morgan fingerprint density at radius 1 is 1.33 bits per heavy atom. The molecule has 1 radical (unpaired) electrons. The molecule has 0 saturated carbocycles. The molecule has 0 aromatic heterocycles. The predicted octanol–water partition coefficient (Wildman–Crippen LogP) is 4.22. The van der Waals surface area contributed by atoms with E-state index < -0.39 is 0 Å². The van der Waals surface area contributed by atoms with Crippen molar-refractivity contribution in [1.29, 1.82) is 0 Å². The topological polar surface area (TPSA) is 27.7 Å². The number of methoxy groups -OCH3 is 2. The number of rotatable bonds is 5. The molecule has 1 aliphatic heterocycles. The Morgan fingerprint density at radius 3 is 2.67 bits per heavy atom. The summed E-state index contributed by atoms with van der Waals surface area (Å²) in [5.74, 6) is 2.69. The van der Waals surface area contributed by atoms with Crippen molar-refractivity contribution in [3.05, 3.63) is 30.7 Å². The zero-order valence-electron chi connectivity index (χ0n) is 13.6. The van der Waals surface area contributed by atoms with Crippen LogP contribution in [0.15, 0.2) is 18.2 Å². The average Bonchev–Trinajstić information content (AvgIpc) is 2.47. The summed E-state index contributed by atoms with van der Waals surface area (Å²) in [6, 6.07) is 6.09. The molecule has 3 nitrogen and oxygen atoms in total. The molecule has 2 rings (SSSR count). The molecule has 21 heavy (non-hydrogen) atoms. The molecule has 0 unspecified atom stereocenters. The Morgan fingerprint density at radius 2 is 2.10 bits per heavy atom. The van der Waals surface area contributed by atoms with E-state index in [-0.39, 0.29) is 5.60 Å². The van der Waals surface area contributed by atoms with Crippen LogP contribution < -0.4 is 9.47 Å². The molecule has 1 aromatic rings. The smallest absolute Gasteiger partial charge is 0.126 e. The van der Waals surface area contributed by atoms with Gasteiger partial charge in [0.05, 0.1) is 19.8 Å². The summed E-state index contributed by atoms with van der Waals surface area (Å²) in [5.41, 5.74) is 1.19. The lowest BCUT2D eigenvalue weighted by molar-refractivity contribution is -0.0768. The predicted molar refractivity (Wildman–Crippen MR) is 85.0 cm³/mol. The Hall–Kier alpha value is -1.22. The first-order valence-corrected chi connectivity index (χ1v) is 7.66. The van der Waals surface area contributed by atoms with E-state index in [0.29, 0.717) is 11.8 Å². The molecule has 3 heteroatoms. The molecule has 117 valence electrons. The molecule has 1 saturated heterocycles. The van der Waals surface area contributed by atoms with Gasteiger partial charge in [-0.25, -0.2) is 0 Å². The van der Waals surface area contributed by atoms with E-state index in [2.05, 4.69) is 26.8 Å². The van der Waals surface area contributed by atoms with Crippen molar-refractivity contribution < 1.29 is 14.2 Å². The van der Waals surface area contributed by atoms with Gasteiger partial charge in [-0.2, -0.15) is 0 Å². The molecular formula is C18H27O3. The first kappa shape index (κ1) is 16.2. The van der Waals surface area contributed by atoms with Gasteiger partial charge in [0, 0.05) is 12.7 Å². The minimum Gasteiger partial charge on any atom is -0.497 e. The van der Waals surface area contributed by atoms with Gasteiger partial charge in [0.25, 0.3) is 0 Å². The van der Waals surface area contributed by atoms with Gasteiger partial charge in [-0.15, -0.1) is 0 Å². The highest BCUT2D eigenvalue weighted by molar-refractivity contribution is 5.43. The van der Waals surface area contributed by atoms with E-state index in [1.165, 1.54) is 5.56 Å². The molecule has 0 amide bonds. The lowest BCUT2D eigenvalue weighted by Crippen LogP contribution is -2.36. The third-order valence-corrected chi connectivity index (χ3v) is 4.46. The standard InChI is InChI=1S/C18H27O3/c1-6-15(13-9-10-21-18(2,3)12-13)16-8-7-14(19-4)11-17(16)20-5/h7-8,11,13,15H,1,6,9-10,12H2,2-5H3/t13-,15+/m1/s1. The highest BCUT2D eigenvalue weighted by Crippen LogP contribution is 2.43. The fourth-order valence-electron chi connectivity index (χ4n) is 3.39. The first-order valence-electron chi connectivity index (χ1n) is 7.66. The second-order valence-corrected chi connectivity index (χ2v) is 6.36. The van der Waals surface area contributed by atoms with Crippen LogP contribution in [0, 0.1) is 12.8 Å². The van der Waals surface area contributed by atoms with Crippen LogP contribution in [-0.4, -0.2) is 26.4 Å². The van der Waals surface area contributed by atoms with Crippen molar-refractivity contribution in [2.75, 3.05) is 20.8 Å². The zero-order valence-corrected chi connectivity index (χ0v) is 13.6. The van der Waals surface area contributed by atoms with Crippen LogP contribution >= 0.6 is 0 Å². The van der Waals surface area contributed by atoms with Crippen molar-refractivity contribution in [2.45, 2.75) is 44.6 Å². The molecule has 0 spiro atoms. The SMILES string of the molecule is [CH2]C[C@H](c1ccc(OC)cc1OC)[C@@H]1CCOC(C)(C)C1. The molecule has 0 bridgehead atoms. The summed E-state index contributed by atoms with van der Waals surface area (Å²) < 4.78 is 16.7. The fourth-order valence-corrected chi connectivity index (χ4v) is 3.39. The maximum atomic E-state index is 5.85. The molecule has 1 aromatic carbocycles. The number of hydrogen-bond acceptors (Lipinski definition) is 3. The minimum absolute atomic E-state index is 0.0456. The van der Waals surface area contributed by atoms with E-state index in [0.717, 1.165) is 37.4 Å². The maximum absolute atomic E-state index is 5.85. The van der Waals surface area contributed by atoms with E-state index >= 15 is 0 Å². The lowest BCUT2D eigenvalue weighted by atomic mass is 9.75. The monoisotopic (exact) mass is 291 g/mol. The van der Waals surface area contributed by atoms with E-state index in [9.17, 15) is 0 Å². The van der Waals surface area contributed by atoms with Crippen molar-refractivity contribution in [2.24, 2.45) is 5.92 Å². The van der Waals surface area contributed by atoms with Gasteiger partial charge in [-0.3, -0.25) is 0 Å². The summed E-state index contributed by atoms with van der Waals surface area (Å²) >= 11 is 0. The quantitative estimate of drug-likeness (QED) is 0.813.